The Morgan fingerprint density at radius 1 is 0.882 bits per heavy atom. The Hall–Kier alpha value is -3.60. The molecular weight excluding hydrogens is 422 g/mol. The number of nitrogens with one attached hydrogen (secondary N) is 1. The second kappa shape index (κ2) is 11.5. The molecule has 0 aliphatic rings. The normalized spacial score (nSPS) is 11.0. The zero-order valence-electron chi connectivity index (χ0n) is 20.1. The molecule has 1 amide bonds. The average molecular weight is 456 g/mol. The summed E-state index contributed by atoms with van der Waals surface area (Å²) in [5.74, 6) is 2.05. The number of unbranched alkanes of at least 4 members (excludes halogenated alkanes) is 1. The van der Waals surface area contributed by atoms with Crippen LogP contribution in [0, 0.1) is 13.8 Å². The monoisotopic (exact) mass is 455 g/mol. The smallest absolute Gasteiger partial charge is 0.251 e. The molecule has 1 N–H and O–H groups in total. The SMILES string of the molecule is Cc1cccc(C)c1OCCCCn1c(CCCNC(=O)c2ccccc2)nc2ccccc21. The molecule has 0 saturated carbocycles. The van der Waals surface area contributed by atoms with E-state index in [-0.39, 0.29) is 5.91 Å². The standard InChI is InChI=1S/C29H33N3O2/c1-22-12-10-13-23(2)28(22)34-21-9-8-20-32-26-17-7-6-16-25(26)31-27(32)18-11-19-30-29(33)24-14-4-3-5-15-24/h3-7,10,12-17H,8-9,11,18-21H2,1-2H3,(H,30,33). The molecule has 0 spiro atoms. The molecule has 5 nitrogen and oxygen atoms in total. The van der Waals surface area contributed by atoms with E-state index in [9.17, 15) is 4.79 Å². The van der Waals surface area contributed by atoms with Gasteiger partial charge in [0.05, 0.1) is 17.6 Å². The highest BCUT2D eigenvalue weighted by molar-refractivity contribution is 5.94. The summed E-state index contributed by atoms with van der Waals surface area (Å²) < 4.78 is 8.40. The van der Waals surface area contributed by atoms with Gasteiger partial charge in [0, 0.05) is 25.1 Å². The van der Waals surface area contributed by atoms with Crippen molar-refractivity contribution in [1.29, 1.82) is 0 Å². The van der Waals surface area contributed by atoms with E-state index in [1.807, 2.05) is 36.4 Å². The predicted octanol–water partition coefficient (Wildman–Crippen LogP) is 5.87. The highest BCUT2D eigenvalue weighted by atomic mass is 16.5. The highest BCUT2D eigenvalue weighted by Gasteiger charge is 2.11. The largest absolute Gasteiger partial charge is 0.493 e. The third kappa shape index (κ3) is 5.84. The zero-order chi connectivity index (χ0) is 23.8. The number of para-hydroxylation sites is 3. The Bertz CT molecular complexity index is 1210. The van der Waals surface area contributed by atoms with Crippen LogP contribution in [0.4, 0.5) is 0 Å². The van der Waals surface area contributed by atoms with Gasteiger partial charge in [0.1, 0.15) is 11.6 Å². The molecule has 0 aliphatic carbocycles. The number of aryl methyl sites for hydroxylation is 4. The number of carbonyl (C=O) groups excluding carboxylic acids is 1. The number of carbonyl (C=O) groups is 1. The fraction of sp³-hybridized carbons (Fsp3) is 0.310. The van der Waals surface area contributed by atoms with Crippen molar-refractivity contribution in [3.05, 3.63) is 95.3 Å². The predicted molar refractivity (Wildman–Crippen MR) is 137 cm³/mol. The molecule has 0 aliphatic heterocycles. The first-order valence-electron chi connectivity index (χ1n) is 12.1. The molecule has 34 heavy (non-hydrogen) atoms. The van der Waals surface area contributed by atoms with E-state index >= 15 is 0 Å². The lowest BCUT2D eigenvalue weighted by molar-refractivity contribution is 0.0953. The second-order valence-electron chi connectivity index (χ2n) is 8.67. The van der Waals surface area contributed by atoms with Crippen LogP contribution in [0.2, 0.25) is 0 Å². The minimum absolute atomic E-state index is 0.0296. The number of fused-ring (bicyclic) bond motifs is 1. The van der Waals surface area contributed by atoms with E-state index in [2.05, 4.69) is 60.1 Å². The average Bonchev–Trinajstić information content (AvgIpc) is 3.21. The van der Waals surface area contributed by atoms with Gasteiger partial charge < -0.3 is 14.6 Å². The summed E-state index contributed by atoms with van der Waals surface area (Å²) in [5, 5.41) is 3.01. The number of ether oxygens (including phenoxy) is 1. The summed E-state index contributed by atoms with van der Waals surface area (Å²) in [5.41, 5.74) is 5.25. The number of rotatable bonds is 11. The number of hydrogen-bond acceptors (Lipinski definition) is 3. The van der Waals surface area contributed by atoms with Crippen molar-refractivity contribution in [2.75, 3.05) is 13.2 Å². The number of amides is 1. The Balaban J connectivity index is 1.30. The van der Waals surface area contributed by atoms with Crippen LogP contribution < -0.4 is 10.1 Å². The molecule has 176 valence electrons. The van der Waals surface area contributed by atoms with Crippen molar-refractivity contribution in [3.63, 3.8) is 0 Å². The zero-order valence-corrected chi connectivity index (χ0v) is 20.1. The molecule has 4 aromatic rings. The van der Waals surface area contributed by atoms with Crippen LogP contribution in [0.15, 0.2) is 72.8 Å². The summed E-state index contributed by atoms with van der Waals surface area (Å²) in [7, 11) is 0. The lowest BCUT2D eigenvalue weighted by atomic mass is 10.1. The Morgan fingerprint density at radius 2 is 1.62 bits per heavy atom. The Morgan fingerprint density at radius 3 is 2.41 bits per heavy atom. The molecule has 0 unspecified atom stereocenters. The fourth-order valence-electron chi connectivity index (χ4n) is 4.28. The summed E-state index contributed by atoms with van der Waals surface area (Å²) in [6.45, 7) is 6.42. The van der Waals surface area contributed by atoms with Crippen LogP contribution >= 0.6 is 0 Å². The maximum atomic E-state index is 12.3. The number of nitrogens with zero attached hydrogens (tertiary/aromatic N) is 2. The van der Waals surface area contributed by atoms with Crippen LogP contribution in [0.1, 0.15) is 46.6 Å². The first-order chi connectivity index (χ1) is 16.6. The van der Waals surface area contributed by atoms with E-state index in [0.29, 0.717) is 18.7 Å². The van der Waals surface area contributed by atoms with Crippen molar-refractivity contribution in [3.8, 4) is 5.75 Å². The minimum Gasteiger partial charge on any atom is -0.493 e. The molecule has 3 aromatic carbocycles. The van der Waals surface area contributed by atoms with Gasteiger partial charge in [-0.05, 0) is 68.5 Å². The Labute approximate surface area is 201 Å². The van der Waals surface area contributed by atoms with E-state index in [1.54, 1.807) is 0 Å². The minimum atomic E-state index is -0.0296. The van der Waals surface area contributed by atoms with Crippen LogP contribution in [0.5, 0.6) is 5.75 Å². The molecular formula is C29H33N3O2. The third-order valence-corrected chi connectivity index (χ3v) is 6.06. The first kappa shape index (κ1) is 23.6. The molecule has 5 heteroatoms. The van der Waals surface area contributed by atoms with Crippen molar-refractivity contribution in [2.45, 2.75) is 46.1 Å². The summed E-state index contributed by atoms with van der Waals surface area (Å²) >= 11 is 0. The van der Waals surface area contributed by atoms with Gasteiger partial charge in [0.25, 0.3) is 5.91 Å². The van der Waals surface area contributed by atoms with Crippen molar-refractivity contribution < 1.29 is 9.53 Å². The quantitative estimate of drug-likeness (QED) is 0.288. The molecule has 0 saturated heterocycles. The number of aromatic nitrogens is 2. The van der Waals surface area contributed by atoms with Crippen molar-refractivity contribution in [1.82, 2.24) is 14.9 Å². The third-order valence-electron chi connectivity index (χ3n) is 6.06. The number of hydrogen-bond donors (Lipinski definition) is 1. The van der Waals surface area contributed by atoms with Gasteiger partial charge in [-0.25, -0.2) is 4.98 Å². The number of benzene rings is 3. The molecule has 1 heterocycles. The maximum absolute atomic E-state index is 12.3. The van der Waals surface area contributed by atoms with Crippen LogP contribution in [-0.2, 0) is 13.0 Å². The lowest BCUT2D eigenvalue weighted by Gasteiger charge is -2.13. The number of imidazole rings is 1. The fourth-order valence-corrected chi connectivity index (χ4v) is 4.28. The topological polar surface area (TPSA) is 56.1 Å². The molecule has 0 radical (unpaired) electrons. The van der Waals surface area contributed by atoms with Crippen LogP contribution in [0.25, 0.3) is 11.0 Å². The molecule has 0 fully saturated rings. The van der Waals surface area contributed by atoms with Gasteiger partial charge in [-0.1, -0.05) is 48.5 Å². The maximum Gasteiger partial charge on any atom is 0.251 e. The summed E-state index contributed by atoms with van der Waals surface area (Å²) in [6.07, 6.45) is 3.66. The summed E-state index contributed by atoms with van der Waals surface area (Å²) in [4.78, 5) is 17.1. The Kier molecular flexibility index (Phi) is 7.97. The molecule has 4 rings (SSSR count). The molecule has 0 atom stereocenters. The summed E-state index contributed by atoms with van der Waals surface area (Å²) in [6, 6.07) is 23.9. The van der Waals surface area contributed by atoms with E-state index < -0.39 is 0 Å². The van der Waals surface area contributed by atoms with E-state index in [1.165, 1.54) is 16.6 Å². The molecule has 1 aromatic heterocycles. The lowest BCUT2D eigenvalue weighted by Crippen LogP contribution is -2.24. The first-order valence-corrected chi connectivity index (χ1v) is 12.1. The van der Waals surface area contributed by atoms with E-state index in [4.69, 9.17) is 9.72 Å². The van der Waals surface area contributed by atoms with Crippen molar-refractivity contribution in [2.24, 2.45) is 0 Å². The van der Waals surface area contributed by atoms with Gasteiger partial charge in [0.15, 0.2) is 0 Å². The van der Waals surface area contributed by atoms with Crippen molar-refractivity contribution >= 4 is 16.9 Å². The van der Waals surface area contributed by atoms with Crippen LogP contribution in [0.3, 0.4) is 0 Å². The van der Waals surface area contributed by atoms with Gasteiger partial charge >= 0.3 is 0 Å². The van der Waals surface area contributed by atoms with E-state index in [0.717, 1.165) is 49.3 Å². The van der Waals surface area contributed by atoms with Gasteiger partial charge in [-0.15, -0.1) is 0 Å². The second-order valence-corrected chi connectivity index (χ2v) is 8.67. The van der Waals surface area contributed by atoms with Gasteiger partial charge in [-0.2, -0.15) is 0 Å². The molecule has 0 bridgehead atoms. The van der Waals surface area contributed by atoms with Gasteiger partial charge in [-0.3, -0.25) is 4.79 Å². The van der Waals surface area contributed by atoms with Crippen LogP contribution in [-0.4, -0.2) is 28.6 Å². The van der Waals surface area contributed by atoms with Gasteiger partial charge in [0.2, 0.25) is 0 Å². The highest BCUT2D eigenvalue weighted by Crippen LogP contribution is 2.23.